The van der Waals surface area contributed by atoms with Gasteiger partial charge in [-0.15, -0.1) is 10.2 Å². The van der Waals surface area contributed by atoms with E-state index in [1.807, 2.05) is 78.9 Å². The van der Waals surface area contributed by atoms with Crippen molar-refractivity contribution in [3.63, 3.8) is 0 Å². The number of para-hydroxylation sites is 1. The summed E-state index contributed by atoms with van der Waals surface area (Å²) in [6.45, 7) is 0. The van der Waals surface area contributed by atoms with Crippen LogP contribution in [0.5, 0.6) is 0 Å². The Hall–Kier alpha value is -5.80. The molecule has 4 aromatic heterocycles. The Labute approximate surface area is 247 Å². The van der Waals surface area contributed by atoms with Crippen LogP contribution in [-0.2, 0) is 0 Å². The van der Waals surface area contributed by atoms with Gasteiger partial charge in [0.2, 0.25) is 0 Å². The van der Waals surface area contributed by atoms with Crippen LogP contribution in [0.25, 0.3) is 87.9 Å². The second-order valence-electron chi connectivity index (χ2n) is 10.2. The lowest BCUT2D eigenvalue weighted by atomic mass is 9.85. The first kappa shape index (κ1) is 23.9. The van der Waals surface area contributed by atoms with Crippen LogP contribution in [-0.4, -0.2) is 30.0 Å². The molecule has 202 valence electrons. The molecular formula is C34H18N6O2S. The quantitative estimate of drug-likeness (QED) is 0.206. The topological polar surface area (TPSA) is 104 Å². The molecule has 0 N–H and O–H groups in total. The average Bonchev–Trinajstić information content (AvgIpc) is 3.82. The Bertz CT molecular complexity index is 2500. The second kappa shape index (κ2) is 9.37. The number of fused-ring (bicyclic) bond motifs is 4. The van der Waals surface area contributed by atoms with Gasteiger partial charge in [0.05, 0.1) is 21.6 Å². The molecule has 9 aromatic rings. The van der Waals surface area contributed by atoms with Crippen molar-refractivity contribution >= 4 is 54.5 Å². The second-order valence-corrected chi connectivity index (χ2v) is 11.0. The van der Waals surface area contributed by atoms with Crippen molar-refractivity contribution in [1.29, 1.82) is 0 Å². The van der Waals surface area contributed by atoms with E-state index in [1.54, 1.807) is 0 Å². The van der Waals surface area contributed by atoms with E-state index in [4.69, 9.17) is 18.6 Å². The number of hydrogen-bond donors (Lipinski definition) is 0. The molecule has 43 heavy (non-hydrogen) atoms. The van der Waals surface area contributed by atoms with Gasteiger partial charge in [-0.25, -0.2) is 4.63 Å². The summed E-state index contributed by atoms with van der Waals surface area (Å²) >= 11 is 1.47. The Morgan fingerprint density at radius 2 is 1.37 bits per heavy atom. The Balaban J connectivity index is 1.47. The van der Waals surface area contributed by atoms with Crippen LogP contribution in [0, 0.1) is 0 Å². The van der Waals surface area contributed by atoms with E-state index in [0.717, 1.165) is 59.9 Å². The van der Waals surface area contributed by atoms with Gasteiger partial charge in [0.1, 0.15) is 16.7 Å². The first-order valence-corrected chi connectivity index (χ1v) is 14.4. The Morgan fingerprint density at radius 1 is 0.558 bits per heavy atom. The number of aromatic nitrogens is 6. The molecule has 0 bridgehead atoms. The molecule has 0 atom stereocenters. The van der Waals surface area contributed by atoms with Crippen LogP contribution in [0.4, 0.5) is 0 Å². The van der Waals surface area contributed by atoms with E-state index < -0.39 is 0 Å². The largest absolute Gasteiger partial charge is 0.356 e. The number of hydrogen-bond acceptors (Lipinski definition) is 9. The van der Waals surface area contributed by atoms with E-state index in [0.29, 0.717) is 28.0 Å². The zero-order chi connectivity index (χ0) is 28.3. The fourth-order valence-electron chi connectivity index (χ4n) is 5.81. The van der Waals surface area contributed by atoms with Crippen molar-refractivity contribution in [3.05, 3.63) is 109 Å². The number of nitrogens with zero attached hydrogens (tertiary/aromatic N) is 6. The van der Waals surface area contributed by atoms with Gasteiger partial charge in [-0.1, -0.05) is 78.0 Å². The molecule has 0 aliphatic rings. The summed E-state index contributed by atoms with van der Waals surface area (Å²) in [7, 11) is 0. The smallest absolute Gasteiger partial charge is 0.167 e. The van der Waals surface area contributed by atoms with E-state index in [2.05, 4.69) is 50.9 Å². The molecule has 0 aliphatic heterocycles. The van der Waals surface area contributed by atoms with Crippen LogP contribution < -0.4 is 0 Å². The zero-order valence-electron chi connectivity index (χ0n) is 22.3. The van der Waals surface area contributed by atoms with Gasteiger partial charge in [-0.2, -0.15) is 4.37 Å². The lowest BCUT2D eigenvalue weighted by Gasteiger charge is -2.18. The minimum absolute atomic E-state index is 0.653. The highest BCUT2D eigenvalue weighted by Crippen LogP contribution is 2.48. The molecule has 5 aromatic carbocycles. The van der Waals surface area contributed by atoms with Crippen molar-refractivity contribution in [2.45, 2.75) is 0 Å². The maximum atomic E-state index is 5.89. The highest BCUT2D eigenvalue weighted by Gasteiger charge is 2.27. The summed E-state index contributed by atoms with van der Waals surface area (Å²) in [6.07, 6.45) is 0. The first-order valence-electron chi connectivity index (χ1n) is 13.6. The summed E-state index contributed by atoms with van der Waals surface area (Å²) in [5.41, 5.74) is 9.40. The fraction of sp³-hybridized carbons (Fsp3) is 0. The monoisotopic (exact) mass is 574 g/mol. The minimum atomic E-state index is 0.653. The van der Waals surface area contributed by atoms with Crippen molar-refractivity contribution in [3.8, 4) is 44.9 Å². The summed E-state index contributed by atoms with van der Waals surface area (Å²) in [4.78, 5) is 0. The molecule has 0 amide bonds. The van der Waals surface area contributed by atoms with Crippen LogP contribution in [0.15, 0.2) is 118 Å². The van der Waals surface area contributed by atoms with Gasteiger partial charge in [0.15, 0.2) is 5.58 Å². The molecule has 9 heteroatoms. The van der Waals surface area contributed by atoms with Crippen LogP contribution >= 0.6 is 11.5 Å². The SMILES string of the molecule is c1ccc2nnc(-c3c(-c4cccc5nonc45)ccc(-c4nsc5ccccc45)c3-c3noc4ccccc34)cc2c1. The van der Waals surface area contributed by atoms with Gasteiger partial charge in [-0.3, -0.25) is 0 Å². The van der Waals surface area contributed by atoms with Crippen molar-refractivity contribution in [1.82, 2.24) is 30.0 Å². The Morgan fingerprint density at radius 3 is 2.35 bits per heavy atom. The van der Waals surface area contributed by atoms with Crippen molar-refractivity contribution < 1.29 is 9.15 Å². The normalized spacial score (nSPS) is 11.7. The third-order valence-electron chi connectivity index (χ3n) is 7.78. The molecule has 0 fully saturated rings. The maximum absolute atomic E-state index is 5.89. The van der Waals surface area contributed by atoms with E-state index in [-0.39, 0.29) is 0 Å². The summed E-state index contributed by atoms with van der Waals surface area (Å²) in [6, 6.07) is 36.2. The number of benzene rings is 5. The molecule has 9 rings (SSSR count). The molecule has 0 radical (unpaired) electrons. The minimum Gasteiger partial charge on any atom is -0.356 e. The van der Waals surface area contributed by atoms with E-state index in [9.17, 15) is 0 Å². The van der Waals surface area contributed by atoms with E-state index >= 15 is 0 Å². The highest BCUT2D eigenvalue weighted by molar-refractivity contribution is 7.13. The van der Waals surface area contributed by atoms with Crippen molar-refractivity contribution in [2.75, 3.05) is 0 Å². The predicted molar refractivity (Wildman–Crippen MR) is 167 cm³/mol. The van der Waals surface area contributed by atoms with Gasteiger partial charge >= 0.3 is 0 Å². The van der Waals surface area contributed by atoms with Gasteiger partial charge in [0, 0.05) is 38.4 Å². The summed E-state index contributed by atoms with van der Waals surface area (Å²) < 4.78 is 17.1. The summed E-state index contributed by atoms with van der Waals surface area (Å²) in [5, 5.41) is 25.3. The number of rotatable bonds is 4. The third kappa shape index (κ3) is 3.68. The third-order valence-corrected chi connectivity index (χ3v) is 8.61. The molecule has 0 unspecified atom stereocenters. The molecule has 8 nitrogen and oxygen atoms in total. The van der Waals surface area contributed by atoms with Crippen LogP contribution in [0.3, 0.4) is 0 Å². The first-order chi connectivity index (χ1) is 21.3. The molecule has 0 spiro atoms. The van der Waals surface area contributed by atoms with Gasteiger partial charge < -0.3 is 4.52 Å². The van der Waals surface area contributed by atoms with E-state index in [1.165, 1.54) is 11.5 Å². The summed E-state index contributed by atoms with van der Waals surface area (Å²) in [5.74, 6) is 0. The lowest BCUT2D eigenvalue weighted by Crippen LogP contribution is -1.98. The Kier molecular flexibility index (Phi) is 5.20. The molecule has 0 aliphatic carbocycles. The average molecular weight is 575 g/mol. The fourth-order valence-corrected chi connectivity index (χ4v) is 6.60. The van der Waals surface area contributed by atoms with Crippen molar-refractivity contribution in [2.24, 2.45) is 0 Å². The standard InChI is InChI=1S/C34H18N6O2S/c1-4-12-25-19(8-1)18-27(36-35-25)30-20(21-11-7-13-26-33(21)39-42-37-26)16-17-24(32-23-10-3-6-15-29(23)43-40-32)31(30)34-22-9-2-5-14-28(22)41-38-34/h1-18H. The highest BCUT2D eigenvalue weighted by atomic mass is 32.1. The van der Waals surface area contributed by atoms with Crippen LogP contribution in [0.1, 0.15) is 0 Å². The molecular weight excluding hydrogens is 556 g/mol. The zero-order valence-corrected chi connectivity index (χ0v) is 23.1. The van der Waals surface area contributed by atoms with Gasteiger partial charge in [0.25, 0.3) is 0 Å². The van der Waals surface area contributed by atoms with Gasteiger partial charge in [-0.05, 0) is 63.8 Å². The molecule has 0 saturated heterocycles. The molecule has 4 heterocycles. The van der Waals surface area contributed by atoms with Crippen LogP contribution in [0.2, 0.25) is 0 Å². The maximum Gasteiger partial charge on any atom is 0.167 e. The predicted octanol–water partition coefficient (Wildman–Crippen LogP) is 8.58. The lowest BCUT2D eigenvalue weighted by molar-refractivity contribution is 0.315. The molecule has 0 saturated carbocycles.